The van der Waals surface area contributed by atoms with Crippen LogP contribution in [0.1, 0.15) is 63.4 Å². The van der Waals surface area contributed by atoms with Crippen LogP contribution in [-0.2, 0) is 4.79 Å². The molecule has 1 N–H and O–H groups in total. The molecule has 2 fully saturated rings. The summed E-state index contributed by atoms with van der Waals surface area (Å²) in [5.41, 5.74) is 0.222. The van der Waals surface area contributed by atoms with Gasteiger partial charge in [0.2, 0.25) is 5.91 Å². The normalized spacial score (nSPS) is 20.4. The van der Waals surface area contributed by atoms with Crippen molar-refractivity contribution in [2.45, 2.75) is 64.4 Å². The van der Waals surface area contributed by atoms with E-state index in [4.69, 9.17) is 4.98 Å². The standard InChI is InChI=1S/C19H30N4O2/c1-14(2)18-20-15(3)12-16(21-18)22-8-10-23(11-9-22)17(24)13-19(25)6-4-5-7-19/h12,14,25H,4-11,13H2,1-3H3. The van der Waals surface area contributed by atoms with Crippen LogP contribution in [0.4, 0.5) is 5.82 Å². The Kier molecular flexibility index (Phi) is 5.27. The third kappa shape index (κ3) is 4.29. The maximum absolute atomic E-state index is 12.5. The number of aliphatic hydroxyl groups is 1. The fourth-order valence-corrected chi connectivity index (χ4v) is 3.78. The van der Waals surface area contributed by atoms with Crippen molar-refractivity contribution in [3.05, 3.63) is 17.6 Å². The van der Waals surface area contributed by atoms with Crippen LogP contribution in [0.25, 0.3) is 0 Å². The maximum atomic E-state index is 12.5. The number of aromatic nitrogens is 2. The lowest BCUT2D eigenvalue weighted by Gasteiger charge is -2.37. The predicted molar refractivity (Wildman–Crippen MR) is 97.7 cm³/mol. The Balaban J connectivity index is 1.59. The maximum Gasteiger partial charge on any atom is 0.225 e. The minimum atomic E-state index is -0.760. The number of anilines is 1. The van der Waals surface area contributed by atoms with E-state index >= 15 is 0 Å². The van der Waals surface area contributed by atoms with E-state index in [1.54, 1.807) is 0 Å². The van der Waals surface area contributed by atoms with Crippen LogP contribution in [0.3, 0.4) is 0 Å². The minimum Gasteiger partial charge on any atom is -0.389 e. The van der Waals surface area contributed by atoms with Crippen molar-refractivity contribution in [1.29, 1.82) is 0 Å². The van der Waals surface area contributed by atoms with Crippen molar-refractivity contribution < 1.29 is 9.90 Å². The molecular formula is C19H30N4O2. The molecule has 0 atom stereocenters. The molecule has 1 saturated heterocycles. The number of hydrogen-bond acceptors (Lipinski definition) is 5. The Morgan fingerprint density at radius 2 is 1.84 bits per heavy atom. The van der Waals surface area contributed by atoms with Gasteiger partial charge in [0.05, 0.1) is 12.0 Å². The highest BCUT2D eigenvalue weighted by molar-refractivity contribution is 5.77. The fourth-order valence-electron chi connectivity index (χ4n) is 3.78. The molecule has 0 spiro atoms. The van der Waals surface area contributed by atoms with Gasteiger partial charge in [-0.2, -0.15) is 0 Å². The van der Waals surface area contributed by atoms with E-state index in [0.717, 1.165) is 56.1 Å². The first-order valence-electron chi connectivity index (χ1n) is 9.47. The number of carbonyl (C=O) groups excluding carboxylic acids is 1. The lowest BCUT2D eigenvalue weighted by atomic mass is 9.97. The quantitative estimate of drug-likeness (QED) is 0.905. The average molecular weight is 346 g/mol. The third-order valence-corrected chi connectivity index (χ3v) is 5.35. The van der Waals surface area contributed by atoms with Crippen LogP contribution < -0.4 is 4.90 Å². The van der Waals surface area contributed by atoms with Gasteiger partial charge < -0.3 is 14.9 Å². The van der Waals surface area contributed by atoms with Gasteiger partial charge in [0, 0.05) is 43.9 Å². The summed E-state index contributed by atoms with van der Waals surface area (Å²) in [6.45, 7) is 9.13. The molecule has 6 nitrogen and oxygen atoms in total. The van der Waals surface area contributed by atoms with Gasteiger partial charge in [-0.25, -0.2) is 9.97 Å². The lowest BCUT2D eigenvalue weighted by Crippen LogP contribution is -2.50. The number of nitrogens with zero attached hydrogens (tertiary/aromatic N) is 4. The average Bonchev–Trinajstić information content (AvgIpc) is 3.00. The molecule has 1 aromatic rings. The van der Waals surface area contributed by atoms with Gasteiger partial charge >= 0.3 is 0 Å². The van der Waals surface area contributed by atoms with Crippen molar-refractivity contribution in [2.24, 2.45) is 0 Å². The molecule has 0 aromatic carbocycles. The second-order valence-corrected chi connectivity index (χ2v) is 7.86. The largest absolute Gasteiger partial charge is 0.389 e. The number of piperazine rings is 1. The molecule has 1 aliphatic heterocycles. The molecule has 3 rings (SSSR count). The molecule has 0 unspecified atom stereocenters. The van der Waals surface area contributed by atoms with Crippen LogP contribution in [0, 0.1) is 6.92 Å². The van der Waals surface area contributed by atoms with Crippen LogP contribution >= 0.6 is 0 Å². The zero-order valence-corrected chi connectivity index (χ0v) is 15.7. The van der Waals surface area contributed by atoms with Crippen molar-refractivity contribution in [2.75, 3.05) is 31.1 Å². The van der Waals surface area contributed by atoms with Crippen LogP contribution in [0.2, 0.25) is 0 Å². The Morgan fingerprint density at radius 1 is 1.20 bits per heavy atom. The molecular weight excluding hydrogens is 316 g/mol. The zero-order chi connectivity index (χ0) is 18.0. The topological polar surface area (TPSA) is 69.6 Å². The predicted octanol–water partition coefficient (Wildman–Crippen LogP) is 2.25. The first kappa shape index (κ1) is 18.1. The van der Waals surface area contributed by atoms with Crippen molar-refractivity contribution in [3.8, 4) is 0 Å². The van der Waals surface area contributed by atoms with E-state index in [2.05, 4.69) is 23.7 Å². The summed E-state index contributed by atoms with van der Waals surface area (Å²) in [4.78, 5) is 25.8. The lowest BCUT2D eigenvalue weighted by molar-refractivity contribution is -0.136. The molecule has 0 radical (unpaired) electrons. The Labute approximate surface area is 150 Å². The molecule has 1 saturated carbocycles. The van der Waals surface area contributed by atoms with Gasteiger partial charge in [0.15, 0.2) is 0 Å². The molecule has 0 bridgehead atoms. The molecule has 25 heavy (non-hydrogen) atoms. The van der Waals surface area contributed by atoms with Gasteiger partial charge in [0.25, 0.3) is 0 Å². The summed E-state index contributed by atoms with van der Waals surface area (Å²) in [6.07, 6.45) is 3.86. The highest BCUT2D eigenvalue weighted by Gasteiger charge is 2.35. The van der Waals surface area contributed by atoms with E-state index in [-0.39, 0.29) is 12.3 Å². The summed E-state index contributed by atoms with van der Waals surface area (Å²) < 4.78 is 0. The Hall–Kier alpha value is -1.69. The summed E-state index contributed by atoms with van der Waals surface area (Å²) in [7, 11) is 0. The van der Waals surface area contributed by atoms with Gasteiger partial charge in [-0.3, -0.25) is 4.79 Å². The summed E-state index contributed by atoms with van der Waals surface area (Å²) in [6, 6.07) is 2.02. The van der Waals surface area contributed by atoms with Gasteiger partial charge in [-0.15, -0.1) is 0 Å². The SMILES string of the molecule is Cc1cc(N2CCN(C(=O)CC3(O)CCCC3)CC2)nc(C(C)C)n1. The Morgan fingerprint density at radius 3 is 2.44 bits per heavy atom. The smallest absolute Gasteiger partial charge is 0.225 e. The number of hydrogen-bond donors (Lipinski definition) is 1. The highest BCUT2D eigenvalue weighted by Crippen LogP contribution is 2.33. The van der Waals surface area contributed by atoms with Crippen molar-refractivity contribution in [3.63, 3.8) is 0 Å². The van der Waals surface area contributed by atoms with Gasteiger partial charge in [-0.05, 0) is 19.8 Å². The molecule has 138 valence electrons. The number of rotatable bonds is 4. The Bertz CT molecular complexity index is 618. The third-order valence-electron chi connectivity index (χ3n) is 5.35. The van der Waals surface area contributed by atoms with Crippen molar-refractivity contribution >= 4 is 11.7 Å². The number of aryl methyl sites for hydroxylation is 1. The first-order chi connectivity index (χ1) is 11.9. The van der Waals surface area contributed by atoms with Gasteiger partial charge in [-0.1, -0.05) is 26.7 Å². The number of carbonyl (C=O) groups is 1. The van der Waals surface area contributed by atoms with E-state index in [1.165, 1.54) is 0 Å². The van der Waals surface area contributed by atoms with Crippen LogP contribution in [0.5, 0.6) is 0 Å². The van der Waals surface area contributed by atoms with Gasteiger partial charge in [0.1, 0.15) is 11.6 Å². The monoisotopic (exact) mass is 346 g/mol. The summed E-state index contributed by atoms with van der Waals surface area (Å²) >= 11 is 0. The number of amides is 1. The summed E-state index contributed by atoms with van der Waals surface area (Å²) in [5, 5.41) is 10.5. The van der Waals surface area contributed by atoms with E-state index in [0.29, 0.717) is 19.0 Å². The van der Waals surface area contributed by atoms with Crippen molar-refractivity contribution in [1.82, 2.24) is 14.9 Å². The molecule has 1 aromatic heterocycles. The van der Waals surface area contributed by atoms with E-state index in [9.17, 15) is 9.90 Å². The van der Waals surface area contributed by atoms with E-state index < -0.39 is 5.60 Å². The summed E-state index contributed by atoms with van der Waals surface area (Å²) in [5.74, 6) is 2.22. The molecule has 6 heteroatoms. The second-order valence-electron chi connectivity index (χ2n) is 7.86. The first-order valence-corrected chi connectivity index (χ1v) is 9.47. The van der Waals surface area contributed by atoms with Crippen LogP contribution in [0.15, 0.2) is 6.07 Å². The molecule has 1 amide bonds. The molecule has 2 heterocycles. The molecule has 1 aliphatic carbocycles. The fraction of sp³-hybridized carbons (Fsp3) is 0.737. The second kappa shape index (κ2) is 7.28. The van der Waals surface area contributed by atoms with Crippen LogP contribution in [-0.4, -0.2) is 57.7 Å². The molecule has 2 aliphatic rings. The zero-order valence-electron chi connectivity index (χ0n) is 15.7. The highest BCUT2D eigenvalue weighted by atomic mass is 16.3. The van der Waals surface area contributed by atoms with E-state index in [1.807, 2.05) is 17.9 Å². The minimum absolute atomic E-state index is 0.0887.